The normalized spacial score (nSPS) is 27.5. The second-order valence-corrected chi connectivity index (χ2v) is 4.83. The highest BCUT2D eigenvalue weighted by molar-refractivity contribution is 7.18. The maximum absolute atomic E-state index is 10.5. The third kappa shape index (κ3) is 2.54. The second-order valence-electron chi connectivity index (χ2n) is 3.82. The molecule has 1 aromatic rings. The van der Waals surface area contributed by atoms with E-state index in [0.717, 1.165) is 17.8 Å². The summed E-state index contributed by atoms with van der Waals surface area (Å²) < 4.78 is 5.49. The molecule has 2 rings (SSSR count). The predicted molar refractivity (Wildman–Crippen MR) is 64.2 cm³/mol. The number of aromatic nitrogens is 1. The van der Waals surface area contributed by atoms with Gasteiger partial charge in [0.25, 0.3) is 0 Å². The average molecular weight is 258 g/mol. The molecule has 94 valence electrons. The summed E-state index contributed by atoms with van der Waals surface area (Å²) in [5.41, 5.74) is 5.86. The van der Waals surface area contributed by atoms with E-state index >= 15 is 0 Å². The van der Waals surface area contributed by atoms with Crippen molar-refractivity contribution >= 4 is 21.5 Å². The summed E-state index contributed by atoms with van der Waals surface area (Å²) in [6, 6.07) is -0.00443. The van der Waals surface area contributed by atoms with E-state index in [9.17, 15) is 10.1 Å². The molecule has 0 spiro atoms. The van der Waals surface area contributed by atoms with Gasteiger partial charge in [0.2, 0.25) is 0 Å². The maximum atomic E-state index is 10.5. The second kappa shape index (κ2) is 4.94. The van der Waals surface area contributed by atoms with Crippen molar-refractivity contribution in [1.29, 1.82) is 0 Å². The Morgan fingerprint density at radius 3 is 3.12 bits per heavy atom. The molecule has 0 bridgehead atoms. The number of nitrogens with two attached hydrogens (primary N) is 1. The minimum atomic E-state index is -0.455. The van der Waals surface area contributed by atoms with E-state index < -0.39 is 4.92 Å². The average Bonchev–Trinajstić information content (AvgIpc) is 2.74. The molecule has 8 heteroatoms. The number of anilines is 1. The van der Waals surface area contributed by atoms with Crippen LogP contribution in [0.4, 0.5) is 10.1 Å². The van der Waals surface area contributed by atoms with Crippen LogP contribution in [0.2, 0.25) is 0 Å². The smallest absolute Gasteiger partial charge is 0.345 e. The van der Waals surface area contributed by atoms with Gasteiger partial charge in [0, 0.05) is 12.6 Å². The van der Waals surface area contributed by atoms with Gasteiger partial charge in [-0.05, 0) is 24.7 Å². The maximum Gasteiger partial charge on any atom is 0.345 e. The zero-order valence-electron chi connectivity index (χ0n) is 9.33. The Kier molecular flexibility index (Phi) is 3.55. The Morgan fingerprint density at radius 1 is 1.82 bits per heavy atom. The number of ether oxygens (including phenoxy) is 1. The van der Waals surface area contributed by atoms with E-state index in [1.807, 2.05) is 6.92 Å². The lowest BCUT2D eigenvalue weighted by Crippen LogP contribution is -2.60. The van der Waals surface area contributed by atoms with Crippen LogP contribution in [0.5, 0.6) is 0 Å². The molecule has 1 aromatic heterocycles. The largest absolute Gasteiger partial charge is 0.376 e. The van der Waals surface area contributed by atoms with Crippen LogP contribution in [0.15, 0.2) is 6.20 Å². The van der Waals surface area contributed by atoms with Crippen LogP contribution in [0.3, 0.4) is 0 Å². The monoisotopic (exact) mass is 258 g/mol. The van der Waals surface area contributed by atoms with Crippen LogP contribution in [-0.4, -0.2) is 34.7 Å². The van der Waals surface area contributed by atoms with Crippen molar-refractivity contribution in [2.24, 2.45) is 5.73 Å². The van der Waals surface area contributed by atoms with Crippen LogP contribution >= 0.6 is 11.3 Å². The van der Waals surface area contributed by atoms with Gasteiger partial charge in [-0.1, -0.05) is 0 Å². The Hall–Kier alpha value is -1.25. The van der Waals surface area contributed by atoms with Crippen molar-refractivity contribution < 1.29 is 9.66 Å². The first-order valence-electron chi connectivity index (χ1n) is 5.35. The van der Waals surface area contributed by atoms with Crippen molar-refractivity contribution in [3.63, 3.8) is 0 Å². The third-order valence-corrected chi connectivity index (χ3v) is 3.59. The van der Waals surface area contributed by atoms with E-state index in [1.165, 1.54) is 6.20 Å². The molecule has 7 nitrogen and oxygen atoms in total. The van der Waals surface area contributed by atoms with Crippen molar-refractivity contribution in [1.82, 2.24) is 4.98 Å². The fourth-order valence-electron chi connectivity index (χ4n) is 1.79. The summed E-state index contributed by atoms with van der Waals surface area (Å²) in [7, 11) is 0. The minimum absolute atomic E-state index is 0.00880. The zero-order valence-corrected chi connectivity index (χ0v) is 10.1. The number of nitrogens with zero attached hydrogens (tertiary/aromatic N) is 2. The predicted octanol–water partition coefficient (Wildman–Crippen LogP) is 0.968. The fraction of sp³-hybridized carbons (Fsp3) is 0.667. The van der Waals surface area contributed by atoms with Crippen LogP contribution in [0, 0.1) is 10.1 Å². The van der Waals surface area contributed by atoms with E-state index in [1.54, 1.807) is 0 Å². The van der Waals surface area contributed by atoms with Crippen molar-refractivity contribution in [2.75, 3.05) is 11.9 Å². The summed E-state index contributed by atoms with van der Waals surface area (Å²) in [5, 5.41) is 14.1. The standard InChI is InChI=1S/C9H14N4O3S/c1-2-16-6-3-5(10)8(6)12-9-11-4-7(17-9)13(14)15/h4-6,8H,2-3,10H2,1H3,(H,11,12). The molecule has 0 saturated heterocycles. The van der Waals surface area contributed by atoms with Crippen LogP contribution in [-0.2, 0) is 4.74 Å². The van der Waals surface area contributed by atoms with E-state index in [-0.39, 0.29) is 23.2 Å². The number of nitro groups is 1. The summed E-state index contributed by atoms with van der Waals surface area (Å²) in [4.78, 5) is 14.0. The van der Waals surface area contributed by atoms with Gasteiger partial charge in [0.1, 0.15) is 6.20 Å². The highest BCUT2D eigenvalue weighted by Gasteiger charge is 2.39. The SMILES string of the molecule is CCOC1CC(N)C1Nc1ncc([N+](=O)[O-])s1. The van der Waals surface area contributed by atoms with Crippen LogP contribution in [0.25, 0.3) is 0 Å². The Bertz CT molecular complexity index is 409. The Labute approximate surface area is 102 Å². The molecule has 1 fully saturated rings. The van der Waals surface area contributed by atoms with E-state index in [0.29, 0.717) is 11.7 Å². The lowest BCUT2D eigenvalue weighted by molar-refractivity contribution is -0.380. The number of hydrogen-bond donors (Lipinski definition) is 2. The third-order valence-electron chi connectivity index (χ3n) is 2.71. The molecule has 0 aromatic carbocycles. The molecule has 17 heavy (non-hydrogen) atoms. The van der Waals surface area contributed by atoms with Crippen LogP contribution in [0.1, 0.15) is 13.3 Å². The topological polar surface area (TPSA) is 103 Å². The number of rotatable bonds is 5. The molecular formula is C9H14N4O3S. The number of hydrogen-bond acceptors (Lipinski definition) is 7. The zero-order chi connectivity index (χ0) is 12.4. The molecule has 3 atom stereocenters. The van der Waals surface area contributed by atoms with Gasteiger partial charge in [-0.25, -0.2) is 4.98 Å². The summed E-state index contributed by atoms with van der Waals surface area (Å²) in [6.07, 6.45) is 2.12. The number of nitrogens with one attached hydrogen (secondary N) is 1. The molecule has 0 aliphatic heterocycles. The van der Waals surface area contributed by atoms with E-state index in [4.69, 9.17) is 10.5 Å². The molecular weight excluding hydrogens is 244 g/mol. The molecule has 1 aliphatic rings. The van der Waals surface area contributed by atoms with Gasteiger partial charge in [-0.2, -0.15) is 0 Å². The van der Waals surface area contributed by atoms with E-state index in [2.05, 4.69) is 10.3 Å². The quantitative estimate of drug-likeness (QED) is 0.602. The molecule has 3 unspecified atom stereocenters. The molecule has 1 saturated carbocycles. The minimum Gasteiger partial charge on any atom is -0.376 e. The van der Waals surface area contributed by atoms with Crippen molar-refractivity contribution in [2.45, 2.75) is 31.5 Å². The molecule has 1 heterocycles. The van der Waals surface area contributed by atoms with Crippen molar-refractivity contribution in [3.05, 3.63) is 16.3 Å². The molecule has 0 amide bonds. The first-order chi connectivity index (χ1) is 8.11. The van der Waals surface area contributed by atoms with Crippen LogP contribution < -0.4 is 11.1 Å². The highest BCUT2D eigenvalue weighted by Crippen LogP contribution is 2.30. The van der Waals surface area contributed by atoms with Gasteiger partial charge < -0.3 is 15.8 Å². The first-order valence-corrected chi connectivity index (χ1v) is 6.17. The summed E-state index contributed by atoms with van der Waals surface area (Å²) in [5.74, 6) is 0. The molecule has 0 radical (unpaired) electrons. The van der Waals surface area contributed by atoms with Gasteiger partial charge >= 0.3 is 5.00 Å². The van der Waals surface area contributed by atoms with Gasteiger partial charge in [-0.15, -0.1) is 0 Å². The highest BCUT2D eigenvalue weighted by atomic mass is 32.1. The summed E-state index contributed by atoms with van der Waals surface area (Å²) in [6.45, 7) is 2.56. The van der Waals surface area contributed by atoms with Gasteiger partial charge in [0.15, 0.2) is 5.13 Å². The lowest BCUT2D eigenvalue weighted by Gasteiger charge is -2.42. The Morgan fingerprint density at radius 2 is 2.59 bits per heavy atom. The van der Waals surface area contributed by atoms with Gasteiger partial charge in [0.05, 0.1) is 17.1 Å². The number of thiazole rings is 1. The summed E-state index contributed by atoms with van der Waals surface area (Å²) >= 11 is 1.01. The van der Waals surface area contributed by atoms with Gasteiger partial charge in [-0.3, -0.25) is 10.1 Å². The molecule has 1 aliphatic carbocycles. The Balaban J connectivity index is 1.97. The lowest BCUT2D eigenvalue weighted by atomic mass is 9.83. The first kappa shape index (κ1) is 12.2. The molecule has 3 N–H and O–H groups in total. The van der Waals surface area contributed by atoms with Crippen molar-refractivity contribution in [3.8, 4) is 0 Å². The fourth-order valence-corrected chi connectivity index (χ4v) is 2.46.